The Balaban J connectivity index is 1.84. The van der Waals surface area contributed by atoms with Crippen molar-refractivity contribution in [2.24, 2.45) is 0 Å². The van der Waals surface area contributed by atoms with Crippen LogP contribution in [0, 0.1) is 17.1 Å². The van der Waals surface area contributed by atoms with Crippen molar-refractivity contribution >= 4 is 28.9 Å². The number of hydrogen-bond acceptors (Lipinski definition) is 3. The quantitative estimate of drug-likeness (QED) is 0.700. The zero-order valence-electron chi connectivity index (χ0n) is 14.2. The molecule has 1 heterocycles. The third-order valence-electron chi connectivity index (χ3n) is 4.05. The standard InChI is InChI=1S/C20H16ClFN4O/c21-14-3-1-2-13(8-14)9-19-18(24)10-17(11-23)26(19)12-20(27)25-16-6-4-15(22)5-7-16/h1-8,10H,9,12,24H2,(H,25,27). The van der Waals surface area contributed by atoms with Crippen LogP contribution in [0.25, 0.3) is 0 Å². The molecule has 0 unspecified atom stereocenters. The molecular formula is C20H16ClFN4O. The van der Waals surface area contributed by atoms with Crippen LogP contribution in [0.1, 0.15) is 17.0 Å². The summed E-state index contributed by atoms with van der Waals surface area (Å²) in [5.41, 5.74) is 8.83. The van der Waals surface area contributed by atoms with Gasteiger partial charge in [0.1, 0.15) is 24.1 Å². The van der Waals surface area contributed by atoms with Crippen molar-refractivity contribution in [1.82, 2.24) is 4.57 Å². The molecule has 0 aliphatic carbocycles. The number of nitrogens with two attached hydrogens (primary N) is 1. The Morgan fingerprint density at radius 2 is 1.96 bits per heavy atom. The molecule has 27 heavy (non-hydrogen) atoms. The number of carbonyl (C=O) groups is 1. The second-order valence-corrected chi connectivity index (χ2v) is 6.43. The second-order valence-electron chi connectivity index (χ2n) is 5.99. The van der Waals surface area contributed by atoms with Crippen LogP contribution in [0.4, 0.5) is 15.8 Å². The molecule has 3 rings (SSSR count). The van der Waals surface area contributed by atoms with E-state index in [0.717, 1.165) is 5.56 Å². The summed E-state index contributed by atoms with van der Waals surface area (Å²) in [6.07, 6.45) is 0.428. The van der Waals surface area contributed by atoms with E-state index < -0.39 is 0 Å². The first-order valence-electron chi connectivity index (χ1n) is 8.14. The van der Waals surface area contributed by atoms with Crippen molar-refractivity contribution in [3.05, 3.63) is 82.4 Å². The van der Waals surface area contributed by atoms with Gasteiger partial charge in [-0.15, -0.1) is 0 Å². The van der Waals surface area contributed by atoms with Gasteiger partial charge in [0.25, 0.3) is 0 Å². The Morgan fingerprint density at radius 3 is 2.63 bits per heavy atom. The summed E-state index contributed by atoms with van der Waals surface area (Å²) >= 11 is 6.03. The number of benzene rings is 2. The molecule has 0 aliphatic heterocycles. The third-order valence-corrected chi connectivity index (χ3v) is 4.28. The van der Waals surface area contributed by atoms with Crippen molar-refractivity contribution in [3.63, 3.8) is 0 Å². The molecule has 0 atom stereocenters. The van der Waals surface area contributed by atoms with Gasteiger partial charge >= 0.3 is 0 Å². The number of aromatic nitrogens is 1. The van der Waals surface area contributed by atoms with Crippen molar-refractivity contribution in [2.75, 3.05) is 11.1 Å². The summed E-state index contributed by atoms with van der Waals surface area (Å²) in [6, 6.07) is 16.4. The lowest BCUT2D eigenvalue weighted by Gasteiger charge is -2.12. The van der Waals surface area contributed by atoms with Crippen LogP contribution in [0.2, 0.25) is 5.02 Å². The lowest BCUT2D eigenvalue weighted by atomic mass is 10.1. The van der Waals surface area contributed by atoms with Crippen LogP contribution in [0.5, 0.6) is 0 Å². The van der Waals surface area contributed by atoms with Gasteiger partial charge in [0.05, 0.1) is 5.69 Å². The molecule has 0 radical (unpaired) electrons. The number of nitrogens with zero attached hydrogens (tertiary/aromatic N) is 2. The summed E-state index contributed by atoms with van der Waals surface area (Å²) in [6.45, 7) is -0.0899. The summed E-state index contributed by atoms with van der Waals surface area (Å²) in [7, 11) is 0. The predicted molar refractivity (Wildman–Crippen MR) is 103 cm³/mol. The van der Waals surface area contributed by atoms with Gasteiger partial charge < -0.3 is 15.6 Å². The molecule has 5 nitrogen and oxygen atoms in total. The van der Waals surface area contributed by atoms with Crippen LogP contribution in [-0.4, -0.2) is 10.5 Å². The molecule has 0 spiro atoms. The summed E-state index contributed by atoms with van der Waals surface area (Å²) in [5.74, 6) is -0.734. The number of hydrogen-bond donors (Lipinski definition) is 2. The lowest BCUT2D eigenvalue weighted by molar-refractivity contribution is -0.116. The van der Waals surface area contributed by atoms with Gasteiger partial charge in [0, 0.05) is 22.8 Å². The van der Waals surface area contributed by atoms with E-state index in [2.05, 4.69) is 11.4 Å². The number of nitrogen functional groups attached to an aromatic ring is 1. The van der Waals surface area contributed by atoms with E-state index >= 15 is 0 Å². The van der Waals surface area contributed by atoms with Gasteiger partial charge in [0.15, 0.2) is 0 Å². The van der Waals surface area contributed by atoms with Crippen LogP contribution < -0.4 is 11.1 Å². The van der Waals surface area contributed by atoms with Gasteiger partial charge in [-0.05, 0) is 48.0 Å². The molecule has 1 amide bonds. The van der Waals surface area contributed by atoms with E-state index in [4.69, 9.17) is 17.3 Å². The first kappa shape index (κ1) is 18.5. The molecule has 7 heteroatoms. The van der Waals surface area contributed by atoms with Crippen molar-refractivity contribution in [1.29, 1.82) is 5.26 Å². The van der Waals surface area contributed by atoms with Crippen LogP contribution >= 0.6 is 11.6 Å². The minimum absolute atomic E-state index is 0.0899. The first-order valence-corrected chi connectivity index (χ1v) is 8.52. The molecule has 0 bridgehead atoms. The Kier molecular flexibility index (Phi) is 5.43. The Labute approximate surface area is 160 Å². The van der Waals surface area contributed by atoms with Gasteiger partial charge in [-0.1, -0.05) is 23.7 Å². The fourth-order valence-corrected chi connectivity index (χ4v) is 3.01. The minimum atomic E-state index is -0.387. The Hall–Kier alpha value is -3.30. The maximum Gasteiger partial charge on any atom is 0.244 e. The van der Waals surface area contributed by atoms with E-state index in [1.165, 1.54) is 24.3 Å². The number of amides is 1. The number of anilines is 2. The molecule has 0 aliphatic rings. The SMILES string of the molecule is N#Cc1cc(N)c(Cc2cccc(Cl)c2)n1CC(=O)Nc1ccc(F)cc1. The predicted octanol–water partition coefficient (Wildman–Crippen LogP) is 3.96. The smallest absolute Gasteiger partial charge is 0.244 e. The maximum atomic E-state index is 13.0. The highest BCUT2D eigenvalue weighted by atomic mass is 35.5. The number of rotatable bonds is 5. The normalized spacial score (nSPS) is 10.4. The Bertz CT molecular complexity index is 1020. The summed E-state index contributed by atoms with van der Waals surface area (Å²) in [4.78, 5) is 12.4. The van der Waals surface area contributed by atoms with Crippen molar-refractivity contribution < 1.29 is 9.18 Å². The van der Waals surface area contributed by atoms with Crippen LogP contribution in [-0.2, 0) is 17.8 Å². The highest BCUT2D eigenvalue weighted by Crippen LogP contribution is 2.23. The van der Waals surface area contributed by atoms with E-state index in [1.54, 1.807) is 16.7 Å². The van der Waals surface area contributed by atoms with E-state index in [1.807, 2.05) is 18.2 Å². The molecule has 0 saturated carbocycles. The summed E-state index contributed by atoms with van der Waals surface area (Å²) in [5, 5.41) is 12.7. The first-order chi connectivity index (χ1) is 13.0. The second kappa shape index (κ2) is 7.94. The fraction of sp³-hybridized carbons (Fsp3) is 0.100. The number of halogens is 2. The van der Waals surface area contributed by atoms with Crippen molar-refractivity contribution in [2.45, 2.75) is 13.0 Å². The lowest BCUT2D eigenvalue weighted by Crippen LogP contribution is -2.21. The molecular weight excluding hydrogens is 367 g/mol. The van der Waals surface area contributed by atoms with E-state index in [-0.39, 0.29) is 18.3 Å². The molecule has 3 aromatic rings. The van der Waals surface area contributed by atoms with Crippen LogP contribution in [0.15, 0.2) is 54.6 Å². The minimum Gasteiger partial charge on any atom is -0.397 e. The van der Waals surface area contributed by atoms with E-state index in [9.17, 15) is 14.4 Å². The highest BCUT2D eigenvalue weighted by molar-refractivity contribution is 6.30. The molecule has 2 aromatic carbocycles. The van der Waals surface area contributed by atoms with Crippen molar-refractivity contribution in [3.8, 4) is 6.07 Å². The monoisotopic (exact) mass is 382 g/mol. The van der Waals surface area contributed by atoms with Crippen LogP contribution in [0.3, 0.4) is 0 Å². The van der Waals surface area contributed by atoms with Gasteiger partial charge in [-0.2, -0.15) is 5.26 Å². The third kappa shape index (κ3) is 4.46. The van der Waals surface area contributed by atoms with E-state index in [0.29, 0.717) is 34.2 Å². The van der Waals surface area contributed by atoms with Gasteiger partial charge in [0.2, 0.25) is 5.91 Å². The average molecular weight is 383 g/mol. The topological polar surface area (TPSA) is 83.8 Å². The molecule has 3 N–H and O–H groups in total. The largest absolute Gasteiger partial charge is 0.397 e. The summed E-state index contributed by atoms with van der Waals surface area (Å²) < 4.78 is 14.6. The number of nitrogens with one attached hydrogen (secondary N) is 1. The molecule has 1 aromatic heterocycles. The average Bonchev–Trinajstić information content (AvgIpc) is 2.92. The molecule has 0 fully saturated rings. The Morgan fingerprint density at radius 1 is 1.22 bits per heavy atom. The zero-order valence-corrected chi connectivity index (χ0v) is 15.0. The van der Waals surface area contributed by atoms with Gasteiger partial charge in [-0.25, -0.2) is 4.39 Å². The highest BCUT2D eigenvalue weighted by Gasteiger charge is 2.16. The molecule has 136 valence electrons. The van der Waals surface area contributed by atoms with Gasteiger partial charge in [-0.3, -0.25) is 4.79 Å². The number of carbonyl (C=O) groups excluding carboxylic acids is 1. The fourth-order valence-electron chi connectivity index (χ4n) is 2.80. The number of nitriles is 1. The maximum absolute atomic E-state index is 13.0. The molecule has 0 saturated heterocycles. The zero-order chi connectivity index (χ0) is 19.4.